The number of benzene rings is 3. The van der Waals surface area contributed by atoms with Gasteiger partial charge in [0.05, 0.1) is 35.1 Å². The van der Waals surface area contributed by atoms with Gasteiger partial charge in [-0.1, -0.05) is 90.2 Å². The predicted molar refractivity (Wildman–Crippen MR) is 166 cm³/mol. The molecule has 0 N–H and O–H groups in total. The molecule has 0 unspecified atom stereocenters. The molecule has 2 aromatic heterocycles. The van der Waals surface area contributed by atoms with Crippen LogP contribution in [-0.4, -0.2) is 34.3 Å². The Balaban J connectivity index is 1.59. The molecule has 1 aliphatic rings. The van der Waals surface area contributed by atoms with Gasteiger partial charge in [0.25, 0.3) is 5.56 Å². The molecule has 0 radical (unpaired) electrons. The fourth-order valence-corrected chi connectivity index (χ4v) is 6.39. The molecule has 0 aliphatic carbocycles. The molecule has 0 amide bonds. The molecular weight excluding hydrogens is 562 g/mol. The van der Waals surface area contributed by atoms with Crippen LogP contribution in [0, 0.1) is 0 Å². The summed E-state index contributed by atoms with van der Waals surface area (Å²) in [6.07, 6.45) is 3.68. The van der Waals surface area contributed by atoms with Crippen molar-refractivity contribution in [2.45, 2.75) is 26.4 Å². The topological polar surface area (TPSA) is 91.9 Å². The average molecular weight is 592 g/mol. The molecule has 6 rings (SSSR count). The van der Waals surface area contributed by atoms with Gasteiger partial charge in [0.15, 0.2) is 4.80 Å². The molecule has 0 spiro atoms. The number of nitrogens with zero attached hydrogens (tertiary/aromatic N) is 3. The molecule has 5 aromatic rings. The molecule has 3 aromatic carbocycles. The highest BCUT2D eigenvalue weighted by Gasteiger charge is 2.35. The van der Waals surface area contributed by atoms with Crippen molar-refractivity contribution in [1.82, 2.24) is 9.13 Å². The Bertz CT molecular complexity index is 2040. The van der Waals surface area contributed by atoms with Crippen molar-refractivity contribution < 1.29 is 19.1 Å². The molecule has 8 nitrogen and oxygen atoms in total. The van der Waals surface area contributed by atoms with E-state index in [1.54, 1.807) is 18.4 Å². The molecular formula is C34H29N3O5S. The van der Waals surface area contributed by atoms with Gasteiger partial charge >= 0.3 is 11.9 Å². The molecule has 0 bridgehead atoms. The quantitative estimate of drug-likeness (QED) is 0.249. The number of ether oxygens (including phenoxy) is 2. The number of para-hydroxylation sites is 1. The van der Waals surface area contributed by atoms with Crippen molar-refractivity contribution in [3.8, 4) is 0 Å². The first-order chi connectivity index (χ1) is 21.0. The minimum absolute atomic E-state index is 0.0563. The summed E-state index contributed by atoms with van der Waals surface area (Å²) >= 11 is 1.26. The van der Waals surface area contributed by atoms with Crippen LogP contribution in [-0.2, 0) is 25.6 Å². The van der Waals surface area contributed by atoms with E-state index in [4.69, 9.17) is 14.5 Å². The fourth-order valence-electron chi connectivity index (χ4n) is 5.40. The van der Waals surface area contributed by atoms with Crippen LogP contribution in [0.1, 0.15) is 36.6 Å². The third-order valence-corrected chi connectivity index (χ3v) is 8.18. The first kappa shape index (κ1) is 28.1. The van der Waals surface area contributed by atoms with E-state index in [1.165, 1.54) is 11.3 Å². The molecule has 0 saturated heterocycles. The lowest BCUT2D eigenvalue weighted by Crippen LogP contribution is -2.39. The second-order valence-electron chi connectivity index (χ2n) is 9.88. The van der Waals surface area contributed by atoms with Crippen molar-refractivity contribution in [3.05, 3.63) is 133 Å². The van der Waals surface area contributed by atoms with Crippen LogP contribution < -0.4 is 14.9 Å². The van der Waals surface area contributed by atoms with Gasteiger partial charge < -0.3 is 14.0 Å². The highest BCUT2D eigenvalue weighted by atomic mass is 32.1. The highest BCUT2D eigenvalue weighted by molar-refractivity contribution is 7.07. The van der Waals surface area contributed by atoms with Crippen molar-refractivity contribution >= 4 is 46.0 Å². The summed E-state index contributed by atoms with van der Waals surface area (Å²) in [6, 6.07) is 25.9. The lowest BCUT2D eigenvalue weighted by Gasteiger charge is -2.25. The largest absolute Gasteiger partial charge is 0.465 e. The van der Waals surface area contributed by atoms with Crippen LogP contribution in [0.15, 0.2) is 106 Å². The standard InChI is InChI=1S/C34H29N3O5S/c1-3-41-28(38)21-36-20-24(25-17-11-12-18-26(25)36)19-27-32(39)37-31(23-15-9-6-10-16-23)29(33(40)42-4-2)30(35-34(37)43-27)22-13-7-5-8-14-22/h5-20,31H,3-4,21H2,1-2H3/b27-19-/t31-/m0/s1. The van der Waals surface area contributed by atoms with E-state index in [2.05, 4.69) is 0 Å². The van der Waals surface area contributed by atoms with E-state index in [-0.39, 0.29) is 24.7 Å². The van der Waals surface area contributed by atoms with Gasteiger partial charge in [-0.05, 0) is 31.6 Å². The Labute approximate surface area is 251 Å². The SMILES string of the molecule is CCOC(=O)Cn1cc(/C=c2\sc3n(c2=O)[C@@H](c2ccccc2)C(C(=O)OCC)=C(c2ccccc2)N=3)c2ccccc21. The lowest BCUT2D eigenvalue weighted by atomic mass is 9.93. The first-order valence-corrected chi connectivity index (χ1v) is 14.9. The minimum atomic E-state index is -0.737. The second kappa shape index (κ2) is 12.1. The smallest absolute Gasteiger partial charge is 0.338 e. The Kier molecular flexibility index (Phi) is 7.89. The molecule has 0 fully saturated rings. The summed E-state index contributed by atoms with van der Waals surface area (Å²) in [5.74, 6) is -0.854. The third-order valence-electron chi connectivity index (χ3n) is 7.20. The van der Waals surface area contributed by atoms with Gasteiger partial charge in [-0.2, -0.15) is 0 Å². The van der Waals surface area contributed by atoms with Gasteiger partial charge in [-0.15, -0.1) is 0 Å². The van der Waals surface area contributed by atoms with Crippen molar-refractivity contribution in [2.24, 2.45) is 4.99 Å². The van der Waals surface area contributed by atoms with E-state index in [9.17, 15) is 14.4 Å². The summed E-state index contributed by atoms with van der Waals surface area (Å²) in [4.78, 5) is 45.5. The van der Waals surface area contributed by atoms with Crippen LogP contribution in [0.25, 0.3) is 22.7 Å². The third kappa shape index (κ3) is 5.35. The number of fused-ring (bicyclic) bond motifs is 2. The lowest BCUT2D eigenvalue weighted by molar-refractivity contribution is -0.143. The van der Waals surface area contributed by atoms with E-state index in [1.807, 2.05) is 102 Å². The predicted octanol–water partition coefficient (Wildman–Crippen LogP) is 4.45. The molecule has 1 aliphatic heterocycles. The Morgan fingerprint density at radius 2 is 1.58 bits per heavy atom. The van der Waals surface area contributed by atoms with E-state index >= 15 is 0 Å². The number of thiazole rings is 1. The summed E-state index contributed by atoms with van der Waals surface area (Å²) in [5.41, 5.74) is 3.69. The molecule has 1 atom stereocenters. The normalized spacial score (nSPS) is 14.8. The zero-order valence-electron chi connectivity index (χ0n) is 23.7. The van der Waals surface area contributed by atoms with E-state index < -0.39 is 12.0 Å². The van der Waals surface area contributed by atoms with Gasteiger partial charge in [-0.25, -0.2) is 9.79 Å². The number of aromatic nitrogens is 2. The number of hydrogen-bond donors (Lipinski definition) is 0. The van der Waals surface area contributed by atoms with Crippen molar-refractivity contribution in [3.63, 3.8) is 0 Å². The second-order valence-corrected chi connectivity index (χ2v) is 10.9. The Morgan fingerprint density at radius 1 is 0.907 bits per heavy atom. The molecule has 3 heterocycles. The van der Waals surface area contributed by atoms with Crippen LogP contribution in [0.2, 0.25) is 0 Å². The van der Waals surface area contributed by atoms with Crippen LogP contribution >= 0.6 is 11.3 Å². The number of rotatable bonds is 8. The average Bonchev–Trinajstić information content (AvgIpc) is 3.53. The Morgan fingerprint density at radius 3 is 2.30 bits per heavy atom. The molecule has 216 valence electrons. The van der Waals surface area contributed by atoms with E-state index in [0.717, 1.165) is 27.6 Å². The summed E-state index contributed by atoms with van der Waals surface area (Å²) in [6.45, 7) is 4.07. The number of carbonyl (C=O) groups is 2. The maximum atomic E-state index is 14.2. The van der Waals surface area contributed by atoms with Crippen molar-refractivity contribution in [1.29, 1.82) is 0 Å². The summed E-state index contributed by atoms with van der Waals surface area (Å²) in [5, 5.41) is 0.898. The fraction of sp³-hybridized carbons (Fsp3) is 0.176. The van der Waals surface area contributed by atoms with Crippen LogP contribution in [0.5, 0.6) is 0 Å². The van der Waals surface area contributed by atoms with Gasteiger partial charge in [-0.3, -0.25) is 14.2 Å². The van der Waals surface area contributed by atoms with Gasteiger partial charge in [0.1, 0.15) is 6.54 Å². The van der Waals surface area contributed by atoms with E-state index in [0.29, 0.717) is 27.2 Å². The number of esters is 2. The van der Waals surface area contributed by atoms with Gasteiger partial charge in [0, 0.05) is 28.2 Å². The molecule has 43 heavy (non-hydrogen) atoms. The highest BCUT2D eigenvalue weighted by Crippen LogP contribution is 2.35. The summed E-state index contributed by atoms with van der Waals surface area (Å²) < 4.78 is 14.6. The Hall–Kier alpha value is -5.02. The number of hydrogen-bond acceptors (Lipinski definition) is 7. The van der Waals surface area contributed by atoms with Crippen LogP contribution in [0.4, 0.5) is 0 Å². The molecule has 9 heteroatoms. The zero-order chi connectivity index (χ0) is 29.9. The summed E-state index contributed by atoms with van der Waals surface area (Å²) in [7, 11) is 0. The van der Waals surface area contributed by atoms with Gasteiger partial charge in [0.2, 0.25) is 0 Å². The first-order valence-electron chi connectivity index (χ1n) is 14.1. The maximum Gasteiger partial charge on any atom is 0.338 e. The van der Waals surface area contributed by atoms with Crippen molar-refractivity contribution in [2.75, 3.05) is 13.2 Å². The maximum absolute atomic E-state index is 14.2. The van der Waals surface area contributed by atoms with Crippen LogP contribution in [0.3, 0.4) is 0 Å². The molecule has 0 saturated carbocycles. The number of carbonyl (C=O) groups excluding carboxylic acids is 2. The monoisotopic (exact) mass is 591 g/mol. The minimum Gasteiger partial charge on any atom is -0.465 e. The zero-order valence-corrected chi connectivity index (χ0v) is 24.5.